The number of phenols is 1. The predicted molar refractivity (Wildman–Crippen MR) is 470 cm³/mol. The molecule has 4 N–H and O–H groups in total. The number of benzene rings is 8. The Kier molecular flexibility index (Phi) is 38.3. The number of ketones is 1. The maximum absolute atomic E-state index is 11.5. The van der Waals surface area contributed by atoms with E-state index in [4.69, 9.17) is 18.9 Å². The molecule has 0 saturated carbocycles. The van der Waals surface area contributed by atoms with Gasteiger partial charge in [-0.3, -0.25) is 19.5 Å². The fourth-order valence-corrected chi connectivity index (χ4v) is 18.5. The standard InChI is InChI=1S/C21H25NO2.C21H23NO.C14H19NO.C14H17NO.C13H17NO.C7H7O.2CH4.BrH.3HI.Mg.V/c1-24-20-9-5-8-17(12-20)21(23)13-18-10-11-19(14-21)22(18)15-16-6-3-2-4-7-16;1-23-21-9-5-8-17(14-21)18-12-19-10-11-20(13-18)22(19)15-16-6-3-2-4-7-16;1-16-14-4-2-3-10(9-14)11-7-12-5-6-13(8-11)15-12;16-14-8-12-6-7-13(9-14)15(12)10-11-4-2-1-3-5-11;15-13-3-1-2-9(8-13)10-6-11-4-5-12(7-10)14-11;1-8-7-5-3-2-4-6-7;;;;;;;;/h2-9,12,18-19,23H,10-11,13-15H2,1H3;2-9,12,14,19-20H,10-11,13,15H2,1H3;2-4,9,11-13,15H,5-8H2,1H3;1-5,12-13H,6-10H2;1-3,8,10-12,14-15H,4-7H2;2-3,5-6H,1H3;2*1H4;4*1H;;/q;;;;;-1;;;;;;;+2;+3/p-4. The van der Waals surface area contributed by atoms with Crippen LogP contribution in [0.15, 0.2) is 218 Å². The van der Waals surface area contributed by atoms with Gasteiger partial charge in [-0.1, -0.05) is 160 Å². The Morgan fingerprint density at radius 1 is 0.473 bits per heavy atom. The van der Waals surface area contributed by atoms with Crippen molar-refractivity contribution in [1.82, 2.24) is 25.3 Å². The molecule has 10 aliphatic rings. The van der Waals surface area contributed by atoms with Crippen LogP contribution in [0.2, 0.25) is 0 Å². The number of aromatic hydroxyl groups is 1. The number of carbonyl (C=O) groups is 1. The quantitative estimate of drug-likeness (QED) is 0.0470. The van der Waals surface area contributed by atoms with Gasteiger partial charge in [-0.25, -0.2) is 0 Å². The minimum Gasteiger partial charge on any atom is 2.00 e. The van der Waals surface area contributed by atoms with Gasteiger partial charge in [-0.05, 0) is 214 Å². The molecule has 10 atom stereocenters. The normalized spacial score (nSPS) is 26.1. The van der Waals surface area contributed by atoms with E-state index in [1.54, 1.807) is 40.6 Å². The van der Waals surface area contributed by atoms with Gasteiger partial charge in [-0.15, -0.1) is 12.1 Å². The average Bonchev–Trinajstić information content (AvgIpc) is 1.49. The molecular weight excluding hydrogens is 1820 g/mol. The van der Waals surface area contributed by atoms with Gasteiger partial charge in [-0.2, -0.15) is 18.2 Å². The van der Waals surface area contributed by atoms with Crippen LogP contribution >= 0.6 is 59.9 Å². The zero-order valence-electron chi connectivity index (χ0n) is 63.2. The van der Waals surface area contributed by atoms with Crippen molar-refractivity contribution in [2.75, 3.05) is 28.4 Å². The van der Waals surface area contributed by atoms with Gasteiger partial charge in [0.25, 0.3) is 0 Å². The van der Waals surface area contributed by atoms with E-state index in [9.17, 15) is 15.0 Å². The second kappa shape index (κ2) is 46.0. The first kappa shape index (κ1) is 91.5. The molecule has 10 aliphatic heterocycles. The maximum Gasteiger partial charge on any atom is 2.00 e. The van der Waals surface area contributed by atoms with Gasteiger partial charge in [0.05, 0.1) is 34.0 Å². The molecule has 10 unspecified atom stereocenters. The number of halogens is 4. The van der Waals surface area contributed by atoms with E-state index in [0.29, 0.717) is 53.7 Å². The number of aliphatic hydroxyl groups is 1. The van der Waals surface area contributed by atoms with Crippen LogP contribution < -0.4 is 46.6 Å². The molecule has 0 aliphatic carbocycles. The number of nitrogens with one attached hydrogen (secondary N) is 2. The molecule has 9 saturated heterocycles. The van der Waals surface area contributed by atoms with E-state index < -0.39 is 5.60 Å². The van der Waals surface area contributed by atoms with Gasteiger partial charge in [0.2, 0.25) is 0 Å². The Hall–Kier alpha value is -4.05. The van der Waals surface area contributed by atoms with Crippen LogP contribution in [0.4, 0.5) is 0 Å². The zero-order chi connectivity index (χ0) is 73.8. The number of fused-ring (bicyclic) bond motifs is 10. The third-order valence-electron chi connectivity index (χ3n) is 23.6. The molecule has 0 amide bonds. The number of ether oxygens (including phenoxy) is 4. The summed E-state index contributed by atoms with van der Waals surface area (Å²) in [6.45, 7) is 3.08. The molecule has 110 heavy (non-hydrogen) atoms. The van der Waals surface area contributed by atoms with Gasteiger partial charge < -0.3 is 56.8 Å². The summed E-state index contributed by atoms with van der Waals surface area (Å²) in [5.41, 5.74) is 10.00. The summed E-state index contributed by atoms with van der Waals surface area (Å²) in [7, 11) is 6.80. The Bertz CT molecular complexity index is 3990. The fourth-order valence-electron chi connectivity index (χ4n) is 18.5. The summed E-state index contributed by atoms with van der Waals surface area (Å²) < 4.78 is 20.9. The smallest absolute Gasteiger partial charge is 2.00 e. The summed E-state index contributed by atoms with van der Waals surface area (Å²) in [4.78, 5) is 19.0. The number of nitrogens with zero attached hydrogens (tertiary/aromatic N) is 3. The Morgan fingerprint density at radius 2 is 0.882 bits per heavy atom. The topological polar surface area (TPSA) is 128 Å². The minimum absolute atomic E-state index is 0. The molecule has 18 rings (SSSR count). The van der Waals surface area contributed by atoms with E-state index in [2.05, 4.69) is 231 Å². The molecular formula is C92H116BrI3MgN5O7V. The Labute approximate surface area is 722 Å². The monoisotopic (exact) mass is 1940 g/mol. The predicted octanol–water partition coefficient (Wildman–Crippen LogP) is 17.7. The van der Waals surface area contributed by atoms with Crippen LogP contribution in [0.25, 0.3) is 5.57 Å². The van der Waals surface area contributed by atoms with Crippen molar-refractivity contribution >= 4 is 94.3 Å². The summed E-state index contributed by atoms with van der Waals surface area (Å²) in [5.74, 6) is 5.86. The number of hydrogen-bond acceptors (Lipinski definition) is 12. The van der Waals surface area contributed by atoms with Crippen molar-refractivity contribution in [2.24, 2.45) is 0 Å². The third kappa shape index (κ3) is 26.2. The molecule has 12 nitrogen and oxygen atoms in total. The minimum atomic E-state index is -0.729. The molecule has 18 heteroatoms. The zero-order valence-corrected chi connectivity index (χ0v) is 74.1. The SMILES string of the molecule is C.C.COc1c[c-]ccc1.COc1cccc(C2(O)CC3CCC(C2)N3Cc2ccccc2)c1.COc1cccc(C2=CC3CCC(C2)N3Cc2ccccc2)c1.COc1cccc(C2CC3CCC(C2)N3)c1.O=C1CC2CCC(C1)N2Cc1ccccc1.Oc1cccc(C2CC3CCC(C2)N3)c1.[Br-].[I][V]([I])[I].[Mg+2]. The molecule has 586 valence electrons. The number of phenolic OH excluding ortho intramolecular Hbond substituents is 1. The Morgan fingerprint density at radius 3 is 1.35 bits per heavy atom. The molecule has 9 fully saturated rings. The largest absolute Gasteiger partial charge is 2.00 e. The van der Waals surface area contributed by atoms with E-state index >= 15 is 0 Å². The van der Waals surface area contributed by atoms with E-state index in [0.717, 1.165) is 110 Å². The van der Waals surface area contributed by atoms with Crippen molar-refractivity contribution < 1.29 is 55.9 Å². The summed E-state index contributed by atoms with van der Waals surface area (Å²) in [6.07, 6.45) is 24.7. The van der Waals surface area contributed by atoms with Gasteiger partial charge in [0.15, 0.2) is 0 Å². The van der Waals surface area contributed by atoms with E-state index in [-0.39, 0.29) is 59.8 Å². The average molecular weight is 1940 g/mol. The summed E-state index contributed by atoms with van der Waals surface area (Å²) >= 11 is 7.39. The van der Waals surface area contributed by atoms with Crippen LogP contribution in [-0.2, 0) is 35.0 Å². The number of Topliss-reactive ketones (excluding diaryl/α,β-unsaturated/α-hetero) is 1. The fraction of sp³-hybridized carbons (Fsp3) is 0.446. The summed E-state index contributed by atoms with van der Waals surface area (Å²) in [5, 5.41) is 28.2. The second-order valence-corrected chi connectivity index (χ2v) is 65.8. The van der Waals surface area contributed by atoms with Gasteiger partial charge >= 0.3 is 87.9 Å². The van der Waals surface area contributed by atoms with Crippen LogP contribution in [-0.4, -0.2) is 143 Å². The third-order valence-corrected chi connectivity index (χ3v) is 23.6. The number of piperidine rings is 4. The van der Waals surface area contributed by atoms with Crippen LogP contribution in [0, 0.1) is 6.07 Å². The summed E-state index contributed by atoms with van der Waals surface area (Å²) in [6, 6.07) is 81.3. The van der Waals surface area contributed by atoms with Crippen LogP contribution in [0.1, 0.15) is 188 Å². The van der Waals surface area contributed by atoms with Crippen LogP contribution in [0.3, 0.4) is 0 Å². The first-order valence-corrected chi connectivity index (χ1v) is 52.0. The molecule has 8 aromatic rings. The van der Waals surface area contributed by atoms with Crippen LogP contribution in [0.5, 0.6) is 28.7 Å². The van der Waals surface area contributed by atoms with Gasteiger partial charge in [0, 0.05) is 98.6 Å². The number of carbonyl (C=O) groups excluding carboxylic acids is 1. The number of methoxy groups -OCH3 is 4. The van der Waals surface area contributed by atoms with Crippen molar-refractivity contribution in [3.05, 3.63) is 263 Å². The van der Waals surface area contributed by atoms with Crippen molar-refractivity contribution in [1.29, 1.82) is 0 Å². The number of rotatable bonds is 14. The molecule has 10 heterocycles. The van der Waals surface area contributed by atoms with Crippen molar-refractivity contribution in [3.63, 3.8) is 0 Å². The number of hydrogen-bond donors (Lipinski definition) is 4. The Balaban J connectivity index is 0.000000167. The molecule has 8 aromatic carbocycles. The van der Waals surface area contributed by atoms with Crippen molar-refractivity contribution in [3.8, 4) is 28.7 Å². The first-order chi connectivity index (χ1) is 51.7. The first-order valence-electron chi connectivity index (χ1n) is 38.5. The molecule has 0 spiro atoms. The molecule has 10 bridgehead atoms. The van der Waals surface area contributed by atoms with E-state index in [1.165, 1.54) is 129 Å². The second-order valence-electron chi connectivity index (χ2n) is 30.4. The van der Waals surface area contributed by atoms with Crippen molar-refractivity contribution in [2.45, 2.75) is 234 Å². The maximum atomic E-state index is 11.5. The molecule has 0 aromatic heterocycles. The van der Waals surface area contributed by atoms with Gasteiger partial charge in [0.1, 0.15) is 28.8 Å². The molecule has 0 radical (unpaired) electrons. The van der Waals surface area contributed by atoms with E-state index in [1.807, 2.05) is 66.7 Å².